The minimum atomic E-state index is -2.13. The van der Waals surface area contributed by atoms with Crippen molar-refractivity contribution in [3.8, 4) is 0 Å². The van der Waals surface area contributed by atoms with Crippen LogP contribution in [0.5, 0.6) is 0 Å². The molecule has 0 aliphatic rings. The fourth-order valence-electron chi connectivity index (χ4n) is 0.689. The molecule has 6 heteroatoms. The highest BCUT2D eigenvalue weighted by Gasteiger charge is 2.32. The van der Waals surface area contributed by atoms with Crippen molar-refractivity contribution in [3.05, 3.63) is 0 Å². The third kappa shape index (κ3) is 5.24. The average molecular weight is 206 g/mol. The molecule has 0 fully saturated rings. The maximum atomic E-state index is 11.1. The lowest BCUT2D eigenvalue weighted by molar-refractivity contribution is -0.152. The number of rotatable bonds is 6. The molecule has 0 aliphatic heterocycles. The molecular formula is C7H15AlO5. The van der Waals surface area contributed by atoms with Gasteiger partial charge in [-0.15, -0.1) is 0 Å². The average Bonchev–Trinajstić information content (AvgIpc) is 2.14. The largest absolute Gasteiger partial charge is 0.905 e. The standard InChI is InChI=1S/C5H9O3.2CH3O.Al/c1-3-8-5(7)4(2)6;2*1-2;/h4H,3H2,1-2H3;2*1H3;/q3*-1;+3. The van der Waals surface area contributed by atoms with Crippen LogP contribution < -0.4 is 0 Å². The van der Waals surface area contributed by atoms with Crippen LogP contribution in [0.25, 0.3) is 0 Å². The van der Waals surface area contributed by atoms with Crippen molar-refractivity contribution in [1.82, 2.24) is 0 Å². The van der Waals surface area contributed by atoms with Crippen LogP contribution in [0, 0.1) is 0 Å². The Morgan fingerprint density at radius 2 is 1.92 bits per heavy atom. The first-order valence-electron chi connectivity index (χ1n) is 4.03. The Kier molecular flexibility index (Phi) is 7.24. The lowest BCUT2D eigenvalue weighted by Gasteiger charge is -2.14. The summed E-state index contributed by atoms with van der Waals surface area (Å²) in [5.41, 5.74) is 0. The summed E-state index contributed by atoms with van der Waals surface area (Å²) in [7, 11) is 2.97. The Hall–Kier alpha value is -0.118. The van der Waals surface area contributed by atoms with Gasteiger partial charge >= 0.3 is 21.1 Å². The molecule has 0 spiro atoms. The minimum absolute atomic E-state index is 0.346. The summed E-state index contributed by atoms with van der Waals surface area (Å²) in [5.74, 6) is -0.394. The second-order valence-electron chi connectivity index (χ2n) is 2.29. The number of esters is 1. The maximum Gasteiger partial charge on any atom is 0.905 e. The quantitative estimate of drug-likeness (QED) is 0.460. The SMILES string of the molecule is CCOC(=O)C(C)[O][Al]([O]C)[O]C. The van der Waals surface area contributed by atoms with Crippen molar-refractivity contribution in [2.75, 3.05) is 20.8 Å². The predicted molar refractivity (Wildman–Crippen MR) is 47.0 cm³/mol. The van der Waals surface area contributed by atoms with E-state index in [9.17, 15) is 4.79 Å². The summed E-state index contributed by atoms with van der Waals surface area (Å²) < 4.78 is 19.7. The number of ether oxygens (including phenoxy) is 1. The number of carbonyl (C=O) groups is 1. The highest BCUT2D eigenvalue weighted by molar-refractivity contribution is 6.36. The van der Waals surface area contributed by atoms with Gasteiger partial charge in [0.25, 0.3) is 0 Å². The van der Waals surface area contributed by atoms with E-state index in [1.807, 2.05) is 0 Å². The molecule has 0 aromatic carbocycles. The summed E-state index contributed by atoms with van der Waals surface area (Å²) in [5, 5.41) is 0. The monoisotopic (exact) mass is 206 g/mol. The molecule has 0 N–H and O–H groups in total. The van der Waals surface area contributed by atoms with E-state index in [1.54, 1.807) is 13.8 Å². The van der Waals surface area contributed by atoms with Crippen LogP contribution in [0.3, 0.4) is 0 Å². The van der Waals surface area contributed by atoms with E-state index in [0.717, 1.165) is 0 Å². The van der Waals surface area contributed by atoms with Gasteiger partial charge in [0.05, 0.1) is 6.61 Å². The van der Waals surface area contributed by atoms with Gasteiger partial charge in [0.2, 0.25) is 0 Å². The van der Waals surface area contributed by atoms with Crippen LogP contribution >= 0.6 is 0 Å². The molecule has 0 aromatic rings. The van der Waals surface area contributed by atoms with E-state index >= 15 is 0 Å². The van der Waals surface area contributed by atoms with Gasteiger partial charge in [0.15, 0.2) is 0 Å². The van der Waals surface area contributed by atoms with Crippen molar-refractivity contribution >= 4 is 21.1 Å². The smallest absolute Gasteiger partial charge is 0.464 e. The Labute approximate surface area is 83.3 Å². The van der Waals surface area contributed by atoms with Crippen LogP contribution in [0.4, 0.5) is 0 Å². The molecule has 1 unspecified atom stereocenters. The molecule has 0 saturated carbocycles. The molecule has 0 rings (SSSR count). The normalized spacial score (nSPS) is 12.3. The molecule has 0 bridgehead atoms. The van der Waals surface area contributed by atoms with E-state index in [-0.39, 0.29) is 0 Å². The molecule has 76 valence electrons. The minimum Gasteiger partial charge on any atom is -0.464 e. The molecule has 13 heavy (non-hydrogen) atoms. The zero-order chi connectivity index (χ0) is 10.3. The van der Waals surface area contributed by atoms with E-state index in [1.165, 1.54) is 14.2 Å². The molecule has 1 atom stereocenters. The lowest BCUT2D eigenvalue weighted by atomic mass is 10.4. The van der Waals surface area contributed by atoms with Crippen LogP contribution in [0.1, 0.15) is 13.8 Å². The van der Waals surface area contributed by atoms with E-state index in [0.29, 0.717) is 6.61 Å². The van der Waals surface area contributed by atoms with Crippen molar-refractivity contribution in [1.29, 1.82) is 0 Å². The second-order valence-corrected chi connectivity index (χ2v) is 4.08. The summed E-state index contributed by atoms with van der Waals surface area (Å²) in [4.78, 5) is 11.1. The van der Waals surface area contributed by atoms with E-state index < -0.39 is 27.2 Å². The fourth-order valence-corrected chi connectivity index (χ4v) is 1.55. The van der Waals surface area contributed by atoms with Crippen molar-refractivity contribution in [2.24, 2.45) is 0 Å². The molecule has 0 aliphatic carbocycles. The molecule has 0 heterocycles. The summed E-state index contributed by atoms with van der Waals surface area (Å²) >= 11 is -2.13. The second kappa shape index (κ2) is 7.30. The molecule has 5 nitrogen and oxygen atoms in total. The summed E-state index contributed by atoms with van der Waals surface area (Å²) in [6.07, 6.45) is -0.628. The molecule has 0 radical (unpaired) electrons. The highest BCUT2D eigenvalue weighted by Crippen LogP contribution is 1.98. The topological polar surface area (TPSA) is 54.0 Å². The van der Waals surface area contributed by atoms with Gasteiger partial charge in [-0.25, -0.2) is 4.79 Å². The first-order valence-corrected chi connectivity index (χ1v) is 5.44. The first-order chi connectivity index (χ1) is 6.15. The number of hydrogen-bond donors (Lipinski definition) is 0. The third-order valence-corrected chi connectivity index (χ3v) is 2.72. The molecular weight excluding hydrogens is 191 g/mol. The zero-order valence-electron chi connectivity index (χ0n) is 8.40. The van der Waals surface area contributed by atoms with Gasteiger partial charge in [-0.05, 0) is 13.8 Å². The Morgan fingerprint density at radius 3 is 2.31 bits per heavy atom. The van der Waals surface area contributed by atoms with Crippen LogP contribution in [-0.4, -0.2) is 48.0 Å². The Bertz CT molecular complexity index is 148. The van der Waals surface area contributed by atoms with E-state index in [2.05, 4.69) is 0 Å². The Balaban J connectivity index is 3.82. The highest BCUT2D eigenvalue weighted by atomic mass is 27.3. The van der Waals surface area contributed by atoms with Gasteiger partial charge in [-0.2, -0.15) is 0 Å². The molecule has 0 amide bonds. The van der Waals surface area contributed by atoms with Crippen LogP contribution in [0.15, 0.2) is 0 Å². The van der Waals surface area contributed by atoms with Crippen molar-refractivity contribution < 1.29 is 20.9 Å². The Morgan fingerprint density at radius 1 is 1.38 bits per heavy atom. The molecule has 0 saturated heterocycles. The zero-order valence-corrected chi connectivity index (χ0v) is 9.56. The van der Waals surface area contributed by atoms with Crippen LogP contribution in [0.2, 0.25) is 0 Å². The van der Waals surface area contributed by atoms with Crippen molar-refractivity contribution in [2.45, 2.75) is 20.0 Å². The maximum absolute atomic E-state index is 11.1. The third-order valence-electron chi connectivity index (χ3n) is 1.32. The fraction of sp³-hybridized carbons (Fsp3) is 0.857. The number of carbonyl (C=O) groups excluding carboxylic acids is 1. The predicted octanol–water partition coefficient (Wildman–Crippen LogP) is 0.232. The van der Waals surface area contributed by atoms with Gasteiger partial charge in [0.1, 0.15) is 6.10 Å². The molecule has 0 aromatic heterocycles. The number of hydrogen-bond acceptors (Lipinski definition) is 5. The van der Waals surface area contributed by atoms with E-state index in [4.69, 9.17) is 16.1 Å². The van der Waals surface area contributed by atoms with Crippen LogP contribution in [-0.2, 0) is 20.9 Å². The summed E-state index contributed by atoms with van der Waals surface area (Å²) in [6, 6.07) is 0. The van der Waals surface area contributed by atoms with Crippen molar-refractivity contribution in [3.63, 3.8) is 0 Å². The van der Waals surface area contributed by atoms with Gasteiger partial charge in [-0.3, -0.25) is 0 Å². The first kappa shape index (κ1) is 12.9. The lowest BCUT2D eigenvalue weighted by Crippen LogP contribution is -2.34. The van der Waals surface area contributed by atoms with Gasteiger partial charge in [-0.1, -0.05) is 0 Å². The van der Waals surface area contributed by atoms with Gasteiger partial charge < -0.3 is 16.1 Å². The van der Waals surface area contributed by atoms with Gasteiger partial charge in [0, 0.05) is 14.2 Å². The summed E-state index contributed by atoms with van der Waals surface area (Å²) in [6.45, 7) is 3.70.